The Labute approximate surface area is 187 Å². The SMILES string of the molecule is CCCCCCNCCn1c(Sc2cc3c(cc2C)OCO3)nc2c(NC)nccc21. The van der Waals surface area contributed by atoms with Crippen molar-refractivity contribution in [2.75, 3.05) is 32.2 Å². The monoisotopic (exact) mass is 441 g/mol. The summed E-state index contributed by atoms with van der Waals surface area (Å²) >= 11 is 1.66. The van der Waals surface area contributed by atoms with Gasteiger partial charge in [0.1, 0.15) is 5.52 Å². The summed E-state index contributed by atoms with van der Waals surface area (Å²) in [6.45, 7) is 7.43. The highest BCUT2D eigenvalue weighted by molar-refractivity contribution is 7.99. The van der Waals surface area contributed by atoms with Gasteiger partial charge in [0, 0.05) is 31.2 Å². The molecule has 0 spiro atoms. The molecule has 0 saturated heterocycles. The maximum atomic E-state index is 5.58. The Balaban J connectivity index is 1.56. The van der Waals surface area contributed by atoms with Crippen molar-refractivity contribution in [3.8, 4) is 11.5 Å². The molecule has 1 aromatic carbocycles. The number of benzene rings is 1. The van der Waals surface area contributed by atoms with Crippen LogP contribution in [0.2, 0.25) is 0 Å². The minimum atomic E-state index is 0.280. The molecule has 3 heterocycles. The lowest BCUT2D eigenvalue weighted by atomic mass is 10.2. The van der Waals surface area contributed by atoms with Gasteiger partial charge in [0.15, 0.2) is 22.5 Å². The Morgan fingerprint density at radius 2 is 1.97 bits per heavy atom. The second kappa shape index (κ2) is 10.2. The number of anilines is 1. The number of hydrogen-bond donors (Lipinski definition) is 2. The van der Waals surface area contributed by atoms with Gasteiger partial charge in [-0.15, -0.1) is 0 Å². The first-order valence-electron chi connectivity index (χ1n) is 11.0. The average Bonchev–Trinajstić information content (AvgIpc) is 3.37. The fourth-order valence-corrected chi connectivity index (χ4v) is 4.75. The van der Waals surface area contributed by atoms with E-state index in [1.54, 1.807) is 11.8 Å². The molecule has 8 heteroatoms. The van der Waals surface area contributed by atoms with Gasteiger partial charge in [-0.25, -0.2) is 9.97 Å². The standard InChI is InChI=1S/C23H31N5O2S/c1-4-5-6-7-9-25-11-12-28-17-8-10-26-22(24-3)21(17)27-23(28)31-20-14-19-18(13-16(20)2)29-15-30-19/h8,10,13-14,25H,4-7,9,11-12,15H2,1-3H3,(H,24,26). The molecule has 31 heavy (non-hydrogen) atoms. The van der Waals surface area contributed by atoms with Crippen molar-refractivity contribution in [1.29, 1.82) is 0 Å². The number of nitrogens with zero attached hydrogens (tertiary/aromatic N) is 3. The molecule has 0 unspecified atom stereocenters. The normalized spacial score (nSPS) is 12.6. The van der Waals surface area contributed by atoms with Crippen LogP contribution in [0.1, 0.15) is 38.2 Å². The highest BCUT2D eigenvalue weighted by Gasteiger charge is 2.19. The highest BCUT2D eigenvalue weighted by atomic mass is 32.2. The molecule has 4 rings (SSSR count). The average molecular weight is 442 g/mol. The van der Waals surface area contributed by atoms with Crippen molar-refractivity contribution >= 4 is 28.6 Å². The van der Waals surface area contributed by atoms with Crippen molar-refractivity contribution in [2.45, 2.75) is 56.1 Å². The number of pyridine rings is 1. The Morgan fingerprint density at radius 3 is 2.77 bits per heavy atom. The quantitative estimate of drug-likeness (QED) is 0.413. The van der Waals surface area contributed by atoms with E-state index in [1.165, 1.54) is 25.7 Å². The molecule has 1 aliphatic rings. The maximum absolute atomic E-state index is 5.58. The van der Waals surface area contributed by atoms with Crippen LogP contribution in [0, 0.1) is 6.92 Å². The lowest BCUT2D eigenvalue weighted by Gasteiger charge is -2.11. The molecule has 0 atom stereocenters. The van der Waals surface area contributed by atoms with E-state index in [0.29, 0.717) is 0 Å². The molecular formula is C23H31N5O2S. The molecule has 166 valence electrons. The first-order valence-corrected chi connectivity index (χ1v) is 11.8. The van der Waals surface area contributed by atoms with E-state index in [9.17, 15) is 0 Å². The van der Waals surface area contributed by atoms with Crippen LogP contribution in [0.5, 0.6) is 11.5 Å². The molecule has 1 aliphatic heterocycles. The first-order chi connectivity index (χ1) is 15.2. The Bertz CT molecular complexity index is 1040. The number of nitrogens with one attached hydrogen (secondary N) is 2. The smallest absolute Gasteiger partial charge is 0.231 e. The lowest BCUT2D eigenvalue weighted by Crippen LogP contribution is -2.21. The van der Waals surface area contributed by atoms with Crippen LogP contribution in [0.25, 0.3) is 11.0 Å². The van der Waals surface area contributed by atoms with E-state index in [-0.39, 0.29) is 6.79 Å². The second-order valence-electron chi connectivity index (χ2n) is 7.71. The number of rotatable bonds is 11. The van der Waals surface area contributed by atoms with Crippen LogP contribution < -0.4 is 20.1 Å². The van der Waals surface area contributed by atoms with Gasteiger partial charge in [-0.05, 0) is 43.7 Å². The number of aromatic nitrogens is 3. The van der Waals surface area contributed by atoms with Crippen LogP contribution in [-0.4, -0.2) is 41.5 Å². The van der Waals surface area contributed by atoms with Gasteiger partial charge < -0.3 is 24.7 Å². The third-order valence-corrected chi connectivity index (χ3v) is 6.61. The van der Waals surface area contributed by atoms with Crippen LogP contribution >= 0.6 is 11.8 Å². The summed E-state index contributed by atoms with van der Waals surface area (Å²) < 4.78 is 13.4. The van der Waals surface area contributed by atoms with Crippen molar-refractivity contribution in [1.82, 2.24) is 19.9 Å². The highest BCUT2D eigenvalue weighted by Crippen LogP contribution is 2.41. The fraction of sp³-hybridized carbons (Fsp3) is 0.478. The Kier molecular flexibility index (Phi) is 7.19. The molecule has 3 aromatic rings. The van der Waals surface area contributed by atoms with Gasteiger partial charge in [0.2, 0.25) is 6.79 Å². The van der Waals surface area contributed by atoms with Crippen LogP contribution in [-0.2, 0) is 6.54 Å². The fourth-order valence-electron chi connectivity index (χ4n) is 3.73. The molecule has 2 aromatic heterocycles. The predicted octanol–water partition coefficient (Wildman–Crippen LogP) is 4.83. The van der Waals surface area contributed by atoms with Crippen molar-refractivity contribution in [2.24, 2.45) is 0 Å². The molecule has 0 saturated carbocycles. The summed E-state index contributed by atoms with van der Waals surface area (Å²) in [5, 5.41) is 7.71. The third-order valence-electron chi connectivity index (χ3n) is 5.46. The molecule has 0 fully saturated rings. The van der Waals surface area contributed by atoms with Gasteiger partial charge in [-0.3, -0.25) is 0 Å². The summed E-state index contributed by atoms with van der Waals surface area (Å²) in [7, 11) is 1.88. The topological polar surface area (TPSA) is 73.2 Å². The minimum Gasteiger partial charge on any atom is -0.454 e. The summed E-state index contributed by atoms with van der Waals surface area (Å²) in [6.07, 6.45) is 6.93. The summed E-state index contributed by atoms with van der Waals surface area (Å²) in [5.74, 6) is 2.40. The van der Waals surface area contributed by atoms with E-state index in [2.05, 4.69) is 40.1 Å². The molecular weight excluding hydrogens is 410 g/mol. The third kappa shape index (κ3) is 4.91. The number of aryl methyl sites for hydroxylation is 1. The zero-order chi connectivity index (χ0) is 21.6. The van der Waals surface area contributed by atoms with E-state index < -0.39 is 0 Å². The number of imidazole rings is 1. The molecule has 0 radical (unpaired) electrons. The van der Waals surface area contributed by atoms with Crippen LogP contribution in [0.4, 0.5) is 5.82 Å². The molecule has 7 nitrogen and oxygen atoms in total. The van der Waals surface area contributed by atoms with E-state index >= 15 is 0 Å². The zero-order valence-electron chi connectivity index (χ0n) is 18.5. The van der Waals surface area contributed by atoms with Crippen molar-refractivity contribution in [3.63, 3.8) is 0 Å². The van der Waals surface area contributed by atoms with Crippen molar-refractivity contribution < 1.29 is 9.47 Å². The molecule has 0 amide bonds. The number of ether oxygens (including phenoxy) is 2. The van der Waals surface area contributed by atoms with Crippen molar-refractivity contribution in [3.05, 3.63) is 30.0 Å². The Hall–Kier alpha value is -2.45. The van der Waals surface area contributed by atoms with Gasteiger partial charge >= 0.3 is 0 Å². The summed E-state index contributed by atoms with van der Waals surface area (Å²) in [6, 6.07) is 6.13. The number of unbranched alkanes of at least 4 members (excludes halogenated alkanes) is 3. The van der Waals surface area contributed by atoms with Gasteiger partial charge in [0.05, 0.1) is 5.52 Å². The van der Waals surface area contributed by atoms with Crippen LogP contribution in [0.15, 0.2) is 34.4 Å². The largest absolute Gasteiger partial charge is 0.454 e. The summed E-state index contributed by atoms with van der Waals surface area (Å²) in [5.41, 5.74) is 3.13. The predicted molar refractivity (Wildman–Crippen MR) is 126 cm³/mol. The molecule has 0 bridgehead atoms. The second-order valence-corrected chi connectivity index (χ2v) is 8.72. The van der Waals surface area contributed by atoms with E-state index in [0.717, 1.165) is 63.6 Å². The molecule has 0 aliphatic carbocycles. The Morgan fingerprint density at radius 1 is 1.13 bits per heavy atom. The van der Waals surface area contributed by atoms with Gasteiger partial charge in [-0.1, -0.05) is 37.9 Å². The summed E-state index contributed by atoms with van der Waals surface area (Å²) in [4.78, 5) is 10.5. The number of hydrogen-bond acceptors (Lipinski definition) is 7. The van der Waals surface area contributed by atoms with Gasteiger partial charge in [-0.2, -0.15) is 0 Å². The van der Waals surface area contributed by atoms with E-state index in [1.807, 2.05) is 25.4 Å². The first kappa shape index (κ1) is 21.8. The van der Waals surface area contributed by atoms with Crippen LogP contribution in [0.3, 0.4) is 0 Å². The lowest BCUT2D eigenvalue weighted by molar-refractivity contribution is 0.174. The van der Waals surface area contributed by atoms with Gasteiger partial charge in [0.25, 0.3) is 0 Å². The maximum Gasteiger partial charge on any atom is 0.231 e. The molecule has 2 N–H and O–H groups in total. The minimum absolute atomic E-state index is 0.280. The number of fused-ring (bicyclic) bond motifs is 2. The van der Waals surface area contributed by atoms with E-state index in [4.69, 9.17) is 14.5 Å². The zero-order valence-corrected chi connectivity index (χ0v) is 19.3.